The summed E-state index contributed by atoms with van der Waals surface area (Å²) in [5.74, 6) is 1.74. The average Bonchev–Trinajstić information content (AvgIpc) is 2.96. The summed E-state index contributed by atoms with van der Waals surface area (Å²) in [7, 11) is 0. The van der Waals surface area contributed by atoms with Crippen molar-refractivity contribution in [2.75, 3.05) is 0 Å². The Labute approximate surface area is 126 Å². The zero-order valence-corrected chi connectivity index (χ0v) is 13.8. The lowest BCUT2D eigenvalue weighted by molar-refractivity contribution is 0.320. The van der Waals surface area contributed by atoms with Crippen LogP contribution in [0.4, 0.5) is 0 Å². The fourth-order valence-electron chi connectivity index (χ4n) is 3.88. The van der Waals surface area contributed by atoms with E-state index >= 15 is 0 Å². The SMILES string of the molecule is CC=C(C1=CCC(CC)=C1)C(C)CCC1CCCCC1. The van der Waals surface area contributed by atoms with Crippen molar-refractivity contribution >= 4 is 0 Å². The Morgan fingerprint density at radius 2 is 2.05 bits per heavy atom. The molecule has 0 bridgehead atoms. The molecule has 0 amide bonds. The number of hydrogen-bond acceptors (Lipinski definition) is 0. The monoisotopic (exact) mass is 272 g/mol. The summed E-state index contributed by atoms with van der Waals surface area (Å²) in [6.07, 6.45) is 19.8. The van der Waals surface area contributed by atoms with Crippen molar-refractivity contribution in [3.8, 4) is 0 Å². The average molecular weight is 272 g/mol. The lowest BCUT2D eigenvalue weighted by atomic mass is 9.82. The number of rotatable bonds is 6. The molecule has 0 aromatic carbocycles. The van der Waals surface area contributed by atoms with Crippen LogP contribution in [-0.4, -0.2) is 0 Å². The van der Waals surface area contributed by atoms with Gasteiger partial charge >= 0.3 is 0 Å². The minimum Gasteiger partial charge on any atom is -0.0836 e. The molecule has 2 aliphatic rings. The number of allylic oxidation sites excluding steroid dienone is 6. The van der Waals surface area contributed by atoms with Gasteiger partial charge in [-0.2, -0.15) is 0 Å². The van der Waals surface area contributed by atoms with Crippen molar-refractivity contribution in [1.29, 1.82) is 0 Å². The van der Waals surface area contributed by atoms with Crippen LogP contribution >= 0.6 is 0 Å². The van der Waals surface area contributed by atoms with Gasteiger partial charge in [0.05, 0.1) is 0 Å². The third-order valence-electron chi connectivity index (χ3n) is 5.31. The molecule has 1 fully saturated rings. The maximum absolute atomic E-state index is 2.44. The van der Waals surface area contributed by atoms with E-state index in [1.807, 2.05) is 0 Å². The van der Waals surface area contributed by atoms with E-state index in [2.05, 4.69) is 39.0 Å². The van der Waals surface area contributed by atoms with Crippen molar-refractivity contribution in [2.24, 2.45) is 11.8 Å². The van der Waals surface area contributed by atoms with Gasteiger partial charge < -0.3 is 0 Å². The molecule has 1 atom stereocenters. The van der Waals surface area contributed by atoms with Crippen LogP contribution < -0.4 is 0 Å². The fourth-order valence-corrected chi connectivity index (χ4v) is 3.88. The van der Waals surface area contributed by atoms with Crippen LogP contribution in [0.25, 0.3) is 0 Å². The van der Waals surface area contributed by atoms with Gasteiger partial charge in [-0.05, 0) is 55.6 Å². The van der Waals surface area contributed by atoms with E-state index in [0.717, 1.165) is 11.8 Å². The lowest BCUT2D eigenvalue weighted by Crippen LogP contribution is -2.09. The van der Waals surface area contributed by atoms with Gasteiger partial charge in [-0.1, -0.05) is 69.8 Å². The molecule has 0 aliphatic heterocycles. The molecule has 0 spiro atoms. The van der Waals surface area contributed by atoms with Gasteiger partial charge in [-0.15, -0.1) is 0 Å². The zero-order chi connectivity index (χ0) is 14.4. The molecule has 0 aromatic heterocycles. The Bertz CT molecular complexity index is 388. The van der Waals surface area contributed by atoms with Crippen LogP contribution in [0.1, 0.15) is 78.6 Å². The first-order valence-electron chi connectivity index (χ1n) is 8.80. The van der Waals surface area contributed by atoms with Crippen LogP contribution in [0.15, 0.2) is 34.9 Å². The number of hydrogen-bond donors (Lipinski definition) is 0. The van der Waals surface area contributed by atoms with Crippen LogP contribution in [-0.2, 0) is 0 Å². The third kappa shape index (κ3) is 4.11. The minimum atomic E-state index is 0.723. The summed E-state index contributed by atoms with van der Waals surface area (Å²) in [6, 6.07) is 0. The first-order chi connectivity index (χ1) is 9.74. The summed E-state index contributed by atoms with van der Waals surface area (Å²) in [5, 5.41) is 0. The lowest BCUT2D eigenvalue weighted by Gasteiger charge is -2.24. The van der Waals surface area contributed by atoms with Gasteiger partial charge in [-0.3, -0.25) is 0 Å². The molecule has 20 heavy (non-hydrogen) atoms. The van der Waals surface area contributed by atoms with E-state index in [-0.39, 0.29) is 0 Å². The topological polar surface area (TPSA) is 0 Å². The Morgan fingerprint density at radius 1 is 1.30 bits per heavy atom. The van der Waals surface area contributed by atoms with Crippen LogP contribution in [0.3, 0.4) is 0 Å². The summed E-state index contributed by atoms with van der Waals surface area (Å²) in [6.45, 7) is 6.91. The molecule has 0 nitrogen and oxygen atoms in total. The second kappa shape index (κ2) is 7.86. The molecule has 0 heteroatoms. The predicted octanol–water partition coefficient (Wildman–Crippen LogP) is 6.60. The summed E-state index contributed by atoms with van der Waals surface area (Å²) < 4.78 is 0. The first kappa shape index (κ1) is 15.6. The molecule has 0 aromatic rings. The fraction of sp³-hybridized carbons (Fsp3) is 0.700. The van der Waals surface area contributed by atoms with Crippen molar-refractivity contribution in [1.82, 2.24) is 0 Å². The second-order valence-electron chi connectivity index (χ2n) is 6.75. The van der Waals surface area contributed by atoms with Gasteiger partial charge in [0.15, 0.2) is 0 Å². The van der Waals surface area contributed by atoms with E-state index in [1.54, 1.807) is 11.1 Å². The van der Waals surface area contributed by atoms with Gasteiger partial charge in [-0.25, -0.2) is 0 Å². The second-order valence-corrected chi connectivity index (χ2v) is 6.75. The Balaban J connectivity index is 1.86. The maximum Gasteiger partial charge on any atom is -0.0126 e. The molecular weight excluding hydrogens is 240 g/mol. The molecule has 0 N–H and O–H groups in total. The Hall–Kier alpha value is -0.780. The highest BCUT2D eigenvalue weighted by molar-refractivity contribution is 5.47. The highest BCUT2D eigenvalue weighted by Gasteiger charge is 2.18. The zero-order valence-electron chi connectivity index (χ0n) is 13.8. The molecular formula is C20H32. The summed E-state index contributed by atoms with van der Waals surface area (Å²) in [5.41, 5.74) is 4.70. The Kier molecular flexibility index (Phi) is 6.13. The van der Waals surface area contributed by atoms with E-state index in [4.69, 9.17) is 0 Å². The standard InChI is InChI=1S/C20H32/c1-4-17-13-14-19(15-17)20(5-2)16(3)11-12-18-9-7-6-8-10-18/h5,14-16,18H,4,6-13H2,1-3H3. The van der Waals surface area contributed by atoms with Gasteiger partial charge in [0.25, 0.3) is 0 Å². The normalized spacial score (nSPS) is 22.6. The van der Waals surface area contributed by atoms with E-state index in [0.29, 0.717) is 0 Å². The van der Waals surface area contributed by atoms with E-state index < -0.39 is 0 Å². The van der Waals surface area contributed by atoms with Gasteiger partial charge in [0.1, 0.15) is 0 Å². The predicted molar refractivity (Wildman–Crippen MR) is 89.8 cm³/mol. The van der Waals surface area contributed by atoms with E-state index in [1.165, 1.54) is 63.4 Å². The molecule has 2 rings (SSSR count). The van der Waals surface area contributed by atoms with Crippen LogP contribution in [0.5, 0.6) is 0 Å². The summed E-state index contributed by atoms with van der Waals surface area (Å²) in [4.78, 5) is 0. The molecule has 1 saturated carbocycles. The minimum absolute atomic E-state index is 0.723. The van der Waals surface area contributed by atoms with Crippen molar-refractivity contribution < 1.29 is 0 Å². The van der Waals surface area contributed by atoms with Crippen molar-refractivity contribution in [2.45, 2.75) is 78.6 Å². The largest absolute Gasteiger partial charge is 0.0836 e. The first-order valence-corrected chi connectivity index (χ1v) is 8.80. The molecule has 0 radical (unpaired) electrons. The quantitative estimate of drug-likeness (QED) is 0.511. The third-order valence-corrected chi connectivity index (χ3v) is 5.31. The summed E-state index contributed by atoms with van der Waals surface area (Å²) >= 11 is 0. The van der Waals surface area contributed by atoms with Crippen molar-refractivity contribution in [3.63, 3.8) is 0 Å². The van der Waals surface area contributed by atoms with Crippen LogP contribution in [0.2, 0.25) is 0 Å². The van der Waals surface area contributed by atoms with E-state index in [9.17, 15) is 0 Å². The van der Waals surface area contributed by atoms with Gasteiger partial charge in [0, 0.05) is 0 Å². The Morgan fingerprint density at radius 3 is 2.65 bits per heavy atom. The highest BCUT2D eigenvalue weighted by Crippen LogP contribution is 2.34. The molecule has 2 aliphatic carbocycles. The molecule has 0 heterocycles. The molecule has 1 unspecified atom stereocenters. The molecule has 112 valence electrons. The van der Waals surface area contributed by atoms with Crippen molar-refractivity contribution in [3.05, 3.63) is 34.9 Å². The highest BCUT2D eigenvalue weighted by atomic mass is 14.2. The maximum atomic E-state index is 2.44. The van der Waals surface area contributed by atoms with Crippen LogP contribution in [0, 0.1) is 11.8 Å². The smallest absolute Gasteiger partial charge is 0.0126 e. The van der Waals surface area contributed by atoms with Gasteiger partial charge in [0.2, 0.25) is 0 Å². The molecule has 0 saturated heterocycles.